The van der Waals surface area contributed by atoms with Crippen LogP contribution in [0.15, 0.2) is 53.7 Å². The summed E-state index contributed by atoms with van der Waals surface area (Å²) in [4.78, 5) is 24.0. The predicted molar refractivity (Wildman–Crippen MR) is 101 cm³/mol. The molecule has 128 valence electrons. The van der Waals surface area contributed by atoms with Crippen molar-refractivity contribution in [3.63, 3.8) is 0 Å². The van der Waals surface area contributed by atoms with Gasteiger partial charge in [0.15, 0.2) is 5.78 Å². The molecule has 0 aliphatic heterocycles. The Kier molecular flexibility index (Phi) is 4.91. The Morgan fingerprint density at radius 3 is 2.48 bits per heavy atom. The van der Waals surface area contributed by atoms with Crippen LogP contribution in [0.2, 0.25) is 5.02 Å². The van der Waals surface area contributed by atoms with Crippen LogP contribution < -0.4 is 10.6 Å². The van der Waals surface area contributed by atoms with E-state index in [-0.39, 0.29) is 11.7 Å². The summed E-state index contributed by atoms with van der Waals surface area (Å²) >= 11 is 6.33. The number of carbonyl (C=O) groups is 2. The van der Waals surface area contributed by atoms with Gasteiger partial charge in [-0.3, -0.25) is 9.59 Å². The van der Waals surface area contributed by atoms with Crippen LogP contribution in [0.1, 0.15) is 35.7 Å². The van der Waals surface area contributed by atoms with E-state index in [4.69, 9.17) is 11.6 Å². The van der Waals surface area contributed by atoms with Crippen molar-refractivity contribution >= 4 is 34.7 Å². The quantitative estimate of drug-likeness (QED) is 0.816. The highest BCUT2D eigenvalue weighted by Crippen LogP contribution is 2.30. The number of aryl methyl sites for hydroxylation is 1. The molecule has 1 aliphatic carbocycles. The van der Waals surface area contributed by atoms with Crippen LogP contribution in [0.5, 0.6) is 0 Å². The van der Waals surface area contributed by atoms with Gasteiger partial charge in [0.2, 0.25) is 0 Å². The molecule has 0 saturated carbocycles. The summed E-state index contributed by atoms with van der Waals surface area (Å²) in [5, 5.41) is 6.57. The molecule has 0 aromatic heterocycles. The topological polar surface area (TPSA) is 58.2 Å². The smallest absolute Gasteiger partial charge is 0.255 e. The second-order valence-electron chi connectivity index (χ2n) is 6.12. The van der Waals surface area contributed by atoms with Gasteiger partial charge in [-0.05, 0) is 50.1 Å². The van der Waals surface area contributed by atoms with E-state index in [1.54, 1.807) is 24.3 Å². The van der Waals surface area contributed by atoms with E-state index in [0.29, 0.717) is 29.1 Å². The minimum Gasteiger partial charge on any atom is -0.357 e. The highest BCUT2D eigenvalue weighted by atomic mass is 35.5. The summed E-state index contributed by atoms with van der Waals surface area (Å²) < 4.78 is 0. The van der Waals surface area contributed by atoms with Gasteiger partial charge >= 0.3 is 0 Å². The fraction of sp³-hybridized carbons (Fsp3) is 0.200. The van der Waals surface area contributed by atoms with Crippen LogP contribution in [-0.2, 0) is 4.79 Å². The first kappa shape index (κ1) is 17.2. The number of benzene rings is 2. The van der Waals surface area contributed by atoms with Crippen LogP contribution in [0.4, 0.5) is 11.4 Å². The first-order chi connectivity index (χ1) is 12.0. The minimum atomic E-state index is -0.171. The van der Waals surface area contributed by atoms with Gasteiger partial charge in [-0.2, -0.15) is 0 Å². The van der Waals surface area contributed by atoms with Crippen LogP contribution in [0, 0.1) is 6.92 Å². The zero-order valence-electron chi connectivity index (χ0n) is 14.2. The maximum atomic E-state index is 12.4. The van der Waals surface area contributed by atoms with Crippen molar-refractivity contribution in [3.05, 3.63) is 69.9 Å². The summed E-state index contributed by atoms with van der Waals surface area (Å²) in [6.45, 7) is 3.72. The predicted octanol–water partition coefficient (Wildman–Crippen LogP) is 4.95. The van der Waals surface area contributed by atoms with E-state index >= 15 is 0 Å². The molecule has 2 N–H and O–H groups in total. The molecule has 0 unspecified atom stereocenters. The molecule has 0 bridgehead atoms. The second-order valence-corrected chi connectivity index (χ2v) is 6.52. The minimum absolute atomic E-state index is 0.167. The van der Waals surface area contributed by atoms with E-state index in [1.807, 2.05) is 32.0 Å². The number of halogens is 1. The monoisotopic (exact) mass is 354 g/mol. The van der Waals surface area contributed by atoms with Gasteiger partial charge in [-0.15, -0.1) is 0 Å². The van der Waals surface area contributed by atoms with Crippen molar-refractivity contribution < 1.29 is 9.59 Å². The lowest BCUT2D eigenvalue weighted by Crippen LogP contribution is -2.13. The Hall–Kier alpha value is -2.59. The van der Waals surface area contributed by atoms with Crippen molar-refractivity contribution in [1.29, 1.82) is 0 Å². The van der Waals surface area contributed by atoms with Gasteiger partial charge in [0.25, 0.3) is 5.91 Å². The normalized spacial score (nSPS) is 14.0. The molecule has 0 radical (unpaired) electrons. The van der Waals surface area contributed by atoms with Crippen molar-refractivity contribution in [2.24, 2.45) is 0 Å². The Labute approximate surface area is 151 Å². The van der Waals surface area contributed by atoms with E-state index in [2.05, 4.69) is 10.6 Å². The van der Waals surface area contributed by atoms with E-state index in [9.17, 15) is 9.59 Å². The van der Waals surface area contributed by atoms with Crippen LogP contribution >= 0.6 is 11.6 Å². The lowest BCUT2D eigenvalue weighted by molar-refractivity contribution is -0.114. The molecule has 0 atom stereocenters. The molecular formula is C20H19ClN2O2. The maximum absolute atomic E-state index is 12.4. The average Bonchev–Trinajstić information content (AvgIpc) is 2.89. The molecule has 1 amide bonds. The molecule has 0 heterocycles. The molecule has 0 spiro atoms. The van der Waals surface area contributed by atoms with Gasteiger partial charge in [-0.1, -0.05) is 29.8 Å². The SMILES string of the molecule is CC1=C(Nc2ccc(NC(=O)c3ccccc3C)cc2Cl)CCC1=O. The van der Waals surface area contributed by atoms with Crippen LogP contribution in [-0.4, -0.2) is 11.7 Å². The highest BCUT2D eigenvalue weighted by Gasteiger charge is 2.19. The number of Topliss-reactive ketones (excluding diaryl/α,β-unsaturated/α-hetero) is 1. The number of amides is 1. The number of hydrogen-bond acceptors (Lipinski definition) is 3. The zero-order valence-corrected chi connectivity index (χ0v) is 14.9. The second kappa shape index (κ2) is 7.11. The summed E-state index contributed by atoms with van der Waals surface area (Å²) in [7, 11) is 0. The van der Waals surface area contributed by atoms with E-state index < -0.39 is 0 Å². The van der Waals surface area contributed by atoms with E-state index in [1.165, 1.54) is 0 Å². The number of nitrogens with one attached hydrogen (secondary N) is 2. The third-order valence-electron chi connectivity index (χ3n) is 4.38. The summed E-state index contributed by atoms with van der Waals surface area (Å²) in [5.74, 6) is -0.00412. The fourth-order valence-corrected chi connectivity index (χ4v) is 3.05. The molecule has 4 nitrogen and oxygen atoms in total. The third kappa shape index (κ3) is 3.74. The summed E-state index contributed by atoms with van der Waals surface area (Å²) in [6, 6.07) is 12.7. The van der Waals surface area contributed by atoms with Gasteiger partial charge in [-0.25, -0.2) is 0 Å². The van der Waals surface area contributed by atoms with Crippen molar-refractivity contribution in [3.8, 4) is 0 Å². The van der Waals surface area contributed by atoms with Gasteiger partial charge in [0, 0.05) is 28.9 Å². The van der Waals surface area contributed by atoms with Crippen LogP contribution in [0.3, 0.4) is 0 Å². The average molecular weight is 355 g/mol. The zero-order chi connectivity index (χ0) is 18.0. The molecule has 25 heavy (non-hydrogen) atoms. The Balaban J connectivity index is 1.75. The Bertz CT molecular complexity index is 887. The molecule has 3 rings (SSSR count). The van der Waals surface area contributed by atoms with Crippen molar-refractivity contribution in [1.82, 2.24) is 0 Å². The Morgan fingerprint density at radius 1 is 1.08 bits per heavy atom. The number of anilines is 2. The number of hydrogen-bond donors (Lipinski definition) is 2. The molecule has 1 aliphatic rings. The van der Waals surface area contributed by atoms with Gasteiger partial charge in [0.1, 0.15) is 0 Å². The third-order valence-corrected chi connectivity index (χ3v) is 4.69. The lowest BCUT2D eigenvalue weighted by atomic mass is 10.1. The molecule has 2 aromatic carbocycles. The molecule has 0 saturated heterocycles. The summed E-state index contributed by atoms with van der Waals surface area (Å²) in [5.41, 5.74) is 4.55. The van der Waals surface area contributed by atoms with Gasteiger partial charge < -0.3 is 10.6 Å². The first-order valence-corrected chi connectivity index (χ1v) is 8.50. The molecule has 0 fully saturated rings. The first-order valence-electron chi connectivity index (χ1n) is 8.12. The number of rotatable bonds is 4. The maximum Gasteiger partial charge on any atom is 0.255 e. The number of allylic oxidation sites excluding steroid dienone is 2. The highest BCUT2D eigenvalue weighted by molar-refractivity contribution is 6.33. The van der Waals surface area contributed by atoms with Crippen molar-refractivity contribution in [2.75, 3.05) is 10.6 Å². The number of ketones is 1. The standard InChI is InChI=1S/C20H19ClN2O2/c1-12-5-3-4-6-15(12)20(25)22-14-7-8-18(16(21)11-14)23-17-9-10-19(24)13(17)2/h3-8,11,23H,9-10H2,1-2H3,(H,22,25). The largest absolute Gasteiger partial charge is 0.357 e. The molecule has 5 heteroatoms. The number of carbonyl (C=O) groups excluding carboxylic acids is 2. The lowest BCUT2D eigenvalue weighted by Gasteiger charge is -2.12. The van der Waals surface area contributed by atoms with Gasteiger partial charge in [0.05, 0.1) is 10.7 Å². The molecular weight excluding hydrogens is 336 g/mol. The fourth-order valence-electron chi connectivity index (χ4n) is 2.82. The van der Waals surface area contributed by atoms with Crippen molar-refractivity contribution in [2.45, 2.75) is 26.7 Å². The summed E-state index contributed by atoms with van der Waals surface area (Å²) in [6.07, 6.45) is 1.24. The molecule has 2 aromatic rings. The van der Waals surface area contributed by atoms with E-state index in [0.717, 1.165) is 22.5 Å². The Morgan fingerprint density at radius 2 is 1.84 bits per heavy atom. The van der Waals surface area contributed by atoms with Crippen LogP contribution in [0.25, 0.3) is 0 Å².